The van der Waals surface area contributed by atoms with Gasteiger partial charge in [0.05, 0.1) is 0 Å². The van der Waals surface area contributed by atoms with E-state index in [1.165, 1.54) is 22.3 Å². The third kappa shape index (κ3) is 3.56. The van der Waals surface area contributed by atoms with E-state index in [2.05, 4.69) is 47.3 Å². The molecule has 0 saturated carbocycles. The average Bonchev–Trinajstić information content (AvgIpc) is 1.98. The fourth-order valence-electron chi connectivity index (χ4n) is 0.933. The minimum atomic E-state index is 1.07. The SMILES string of the molecule is C=C(C)/C(=C\C(C)=C(C)C)CC. The van der Waals surface area contributed by atoms with Crippen LogP contribution in [0.3, 0.4) is 0 Å². The predicted octanol–water partition coefficient (Wildman–Crippen LogP) is 4.26. The molecular weight excluding hydrogens is 144 g/mol. The highest BCUT2D eigenvalue weighted by molar-refractivity contribution is 5.34. The predicted molar refractivity (Wildman–Crippen MR) is 57.2 cm³/mol. The van der Waals surface area contributed by atoms with Gasteiger partial charge in [0.15, 0.2) is 0 Å². The van der Waals surface area contributed by atoms with Crippen LogP contribution < -0.4 is 0 Å². The summed E-state index contributed by atoms with van der Waals surface area (Å²) in [5, 5.41) is 0. The van der Waals surface area contributed by atoms with Crippen molar-refractivity contribution >= 4 is 0 Å². The van der Waals surface area contributed by atoms with E-state index in [1.807, 2.05) is 0 Å². The van der Waals surface area contributed by atoms with Crippen molar-refractivity contribution < 1.29 is 0 Å². The van der Waals surface area contributed by atoms with Crippen LogP contribution >= 0.6 is 0 Å². The Morgan fingerprint density at radius 3 is 1.92 bits per heavy atom. The molecule has 0 bridgehead atoms. The molecule has 0 unspecified atom stereocenters. The summed E-state index contributed by atoms with van der Waals surface area (Å²) in [7, 11) is 0. The summed E-state index contributed by atoms with van der Waals surface area (Å²) >= 11 is 0. The van der Waals surface area contributed by atoms with Gasteiger partial charge in [-0.25, -0.2) is 0 Å². The Balaban J connectivity index is 4.73. The number of hydrogen-bond acceptors (Lipinski definition) is 0. The van der Waals surface area contributed by atoms with Gasteiger partial charge in [-0.2, -0.15) is 0 Å². The van der Waals surface area contributed by atoms with Crippen molar-refractivity contribution in [1.82, 2.24) is 0 Å². The first-order chi connectivity index (χ1) is 5.49. The maximum Gasteiger partial charge on any atom is -0.0305 e. The van der Waals surface area contributed by atoms with Crippen molar-refractivity contribution in [1.29, 1.82) is 0 Å². The lowest BCUT2D eigenvalue weighted by Crippen LogP contribution is -1.84. The van der Waals surface area contributed by atoms with Crippen molar-refractivity contribution in [2.24, 2.45) is 0 Å². The van der Waals surface area contributed by atoms with Crippen LogP contribution in [0.2, 0.25) is 0 Å². The summed E-state index contributed by atoms with van der Waals surface area (Å²) in [4.78, 5) is 0. The van der Waals surface area contributed by atoms with Crippen LogP contribution in [-0.2, 0) is 0 Å². The molecule has 68 valence electrons. The van der Waals surface area contributed by atoms with Crippen LogP contribution in [0.5, 0.6) is 0 Å². The van der Waals surface area contributed by atoms with E-state index >= 15 is 0 Å². The van der Waals surface area contributed by atoms with E-state index in [1.54, 1.807) is 0 Å². The number of rotatable bonds is 3. The molecule has 0 heteroatoms. The van der Waals surface area contributed by atoms with Crippen LogP contribution in [-0.4, -0.2) is 0 Å². The van der Waals surface area contributed by atoms with Gasteiger partial charge in [0.1, 0.15) is 0 Å². The van der Waals surface area contributed by atoms with Crippen molar-refractivity contribution in [3.8, 4) is 0 Å². The molecule has 0 radical (unpaired) electrons. The van der Waals surface area contributed by atoms with Crippen molar-refractivity contribution in [3.05, 3.63) is 34.9 Å². The second-order valence-corrected chi connectivity index (χ2v) is 3.49. The van der Waals surface area contributed by atoms with Gasteiger partial charge in [0.2, 0.25) is 0 Å². The molecule has 0 N–H and O–H groups in total. The van der Waals surface area contributed by atoms with Crippen LogP contribution in [0, 0.1) is 0 Å². The average molecular weight is 164 g/mol. The van der Waals surface area contributed by atoms with E-state index in [9.17, 15) is 0 Å². The van der Waals surface area contributed by atoms with Gasteiger partial charge >= 0.3 is 0 Å². The summed E-state index contributed by atoms with van der Waals surface area (Å²) in [6.07, 6.45) is 3.30. The zero-order valence-corrected chi connectivity index (χ0v) is 8.99. The third-order valence-electron chi connectivity index (χ3n) is 2.11. The van der Waals surface area contributed by atoms with Crippen molar-refractivity contribution in [2.75, 3.05) is 0 Å². The van der Waals surface area contributed by atoms with Gasteiger partial charge in [0.25, 0.3) is 0 Å². The fourth-order valence-corrected chi connectivity index (χ4v) is 0.933. The molecule has 0 atom stereocenters. The maximum atomic E-state index is 3.95. The molecule has 0 spiro atoms. The lowest BCUT2D eigenvalue weighted by Gasteiger charge is -2.04. The Kier molecular flexibility index (Phi) is 4.65. The van der Waals surface area contributed by atoms with Crippen molar-refractivity contribution in [2.45, 2.75) is 41.0 Å². The highest BCUT2D eigenvalue weighted by Gasteiger charge is 1.95. The largest absolute Gasteiger partial charge is 0.0958 e. The molecule has 0 aliphatic carbocycles. The molecule has 0 aromatic heterocycles. The summed E-state index contributed by atoms with van der Waals surface area (Å²) < 4.78 is 0. The van der Waals surface area contributed by atoms with Crippen LogP contribution in [0.4, 0.5) is 0 Å². The summed E-state index contributed by atoms with van der Waals surface area (Å²) in [5.41, 5.74) is 5.27. The fraction of sp³-hybridized carbons (Fsp3) is 0.500. The second-order valence-electron chi connectivity index (χ2n) is 3.49. The molecule has 0 aliphatic rings. The van der Waals surface area contributed by atoms with Crippen LogP contribution in [0.15, 0.2) is 34.9 Å². The van der Waals surface area contributed by atoms with E-state index < -0.39 is 0 Å². The first-order valence-electron chi connectivity index (χ1n) is 4.49. The van der Waals surface area contributed by atoms with Gasteiger partial charge in [-0.15, -0.1) is 0 Å². The molecule has 0 aliphatic heterocycles. The standard InChI is InChI=1S/C12H20/c1-7-12(10(4)5)8-11(6)9(2)3/h8H,4,7H2,1-3,5-6H3/b12-8-. The smallest absolute Gasteiger partial charge is 0.0305 e. The van der Waals surface area contributed by atoms with Crippen molar-refractivity contribution in [3.63, 3.8) is 0 Å². The minimum Gasteiger partial charge on any atom is -0.0958 e. The molecule has 0 saturated heterocycles. The molecule has 0 amide bonds. The quantitative estimate of drug-likeness (QED) is 0.547. The topological polar surface area (TPSA) is 0 Å². The van der Waals surface area contributed by atoms with E-state index in [4.69, 9.17) is 0 Å². The zero-order chi connectivity index (χ0) is 9.72. The third-order valence-corrected chi connectivity index (χ3v) is 2.11. The van der Waals surface area contributed by atoms with Crippen LogP contribution in [0.25, 0.3) is 0 Å². The maximum absolute atomic E-state index is 3.95. The number of allylic oxidation sites excluding steroid dienone is 5. The molecule has 0 rings (SSSR count). The molecule has 0 aromatic rings. The zero-order valence-electron chi connectivity index (χ0n) is 8.99. The van der Waals surface area contributed by atoms with E-state index in [-0.39, 0.29) is 0 Å². The Labute approximate surface area is 76.7 Å². The van der Waals surface area contributed by atoms with Gasteiger partial charge in [-0.1, -0.05) is 36.3 Å². The lowest BCUT2D eigenvalue weighted by atomic mass is 10.0. The molecule has 0 nitrogen and oxygen atoms in total. The summed E-state index contributed by atoms with van der Waals surface area (Å²) in [5.74, 6) is 0. The van der Waals surface area contributed by atoms with Gasteiger partial charge < -0.3 is 0 Å². The van der Waals surface area contributed by atoms with E-state index in [0.29, 0.717) is 0 Å². The second kappa shape index (κ2) is 4.97. The monoisotopic (exact) mass is 164 g/mol. The highest BCUT2D eigenvalue weighted by Crippen LogP contribution is 2.15. The Morgan fingerprint density at radius 2 is 1.67 bits per heavy atom. The van der Waals surface area contributed by atoms with Gasteiger partial charge in [0, 0.05) is 0 Å². The van der Waals surface area contributed by atoms with E-state index in [0.717, 1.165) is 6.42 Å². The normalized spacial score (nSPS) is 11.2. The van der Waals surface area contributed by atoms with Gasteiger partial charge in [-0.3, -0.25) is 0 Å². The lowest BCUT2D eigenvalue weighted by molar-refractivity contribution is 1.10. The summed E-state index contributed by atoms with van der Waals surface area (Å²) in [6.45, 7) is 14.6. The Hall–Kier alpha value is -0.780. The Morgan fingerprint density at radius 1 is 1.17 bits per heavy atom. The molecular formula is C12H20. The molecule has 0 fully saturated rings. The van der Waals surface area contributed by atoms with Gasteiger partial charge in [-0.05, 0) is 39.7 Å². The molecule has 12 heavy (non-hydrogen) atoms. The highest BCUT2D eigenvalue weighted by atomic mass is 14.0. The summed E-state index contributed by atoms with van der Waals surface area (Å²) in [6, 6.07) is 0. The van der Waals surface area contributed by atoms with Crippen LogP contribution in [0.1, 0.15) is 41.0 Å². The molecule has 0 heterocycles. The molecule has 0 aromatic carbocycles. The minimum absolute atomic E-state index is 1.07. The Bertz CT molecular complexity index is 222. The number of hydrogen-bond donors (Lipinski definition) is 0. The first-order valence-corrected chi connectivity index (χ1v) is 4.49. The first kappa shape index (κ1) is 11.2.